The van der Waals surface area contributed by atoms with Crippen LogP contribution < -0.4 is 14.2 Å². The zero-order valence-corrected chi connectivity index (χ0v) is 14.2. The Morgan fingerprint density at radius 2 is 1.62 bits per heavy atom. The highest BCUT2D eigenvalue weighted by Crippen LogP contribution is 2.46. The summed E-state index contributed by atoms with van der Waals surface area (Å²) in [4.78, 5) is 0.0205. The lowest BCUT2D eigenvalue weighted by atomic mass is 10.0. The van der Waals surface area contributed by atoms with Crippen molar-refractivity contribution in [1.29, 1.82) is 0 Å². The summed E-state index contributed by atoms with van der Waals surface area (Å²) >= 11 is 3.75. The first-order chi connectivity index (χ1) is 10.1. The van der Waals surface area contributed by atoms with Crippen LogP contribution in [0.25, 0.3) is 0 Å². The average Bonchev–Trinajstić information content (AvgIpc) is 2.52. The van der Waals surface area contributed by atoms with Crippen molar-refractivity contribution in [3.05, 3.63) is 53.1 Å². The van der Waals surface area contributed by atoms with Crippen molar-refractivity contribution in [3.8, 4) is 17.2 Å². The van der Waals surface area contributed by atoms with E-state index in [1.54, 1.807) is 21.3 Å². The van der Waals surface area contributed by atoms with Crippen molar-refractivity contribution in [2.75, 3.05) is 21.3 Å². The fraction of sp³-hybridized carbons (Fsp3) is 0.294. The van der Waals surface area contributed by atoms with Gasteiger partial charge in [0, 0.05) is 5.56 Å². The second-order valence-electron chi connectivity index (χ2n) is 4.70. The standard InChI is InChI=1S/C17H19BrO3/c1-11-6-5-7-12(10-11)15(18)13-8-9-14(19-2)17(21-4)16(13)20-3/h5-10,15H,1-4H3. The normalized spacial score (nSPS) is 11.9. The first-order valence-electron chi connectivity index (χ1n) is 6.61. The highest BCUT2D eigenvalue weighted by atomic mass is 79.9. The molecular formula is C17H19BrO3. The third kappa shape index (κ3) is 3.16. The fourth-order valence-electron chi connectivity index (χ4n) is 2.33. The molecule has 0 aliphatic heterocycles. The molecule has 1 atom stereocenters. The van der Waals surface area contributed by atoms with Crippen LogP contribution in [0.4, 0.5) is 0 Å². The number of ether oxygens (including phenoxy) is 3. The number of rotatable bonds is 5. The number of hydrogen-bond donors (Lipinski definition) is 0. The predicted octanol–water partition coefficient (Wildman–Crippen LogP) is 4.51. The molecule has 0 aromatic heterocycles. The first kappa shape index (κ1) is 15.7. The molecule has 1 unspecified atom stereocenters. The maximum absolute atomic E-state index is 5.55. The van der Waals surface area contributed by atoms with E-state index in [1.165, 1.54) is 11.1 Å². The van der Waals surface area contributed by atoms with Crippen molar-refractivity contribution < 1.29 is 14.2 Å². The van der Waals surface area contributed by atoms with E-state index in [0.29, 0.717) is 17.2 Å². The van der Waals surface area contributed by atoms with Gasteiger partial charge >= 0.3 is 0 Å². The second-order valence-corrected chi connectivity index (χ2v) is 5.62. The molecule has 0 saturated heterocycles. The predicted molar refractivity (Wildman–Crippen MR) is 88.0 cm³/mol. The Kier molecular flexibility index (Phi) is 5.12. The monoisotopic (exact) mass is 350 g/mol. The number of alkyl halides is 1. The van der Waals surface area contributed by atoms with Crippen molar-refractivity contribution in [2.24, 2.45) is 0 Å². The Labute approximate surface area is 134 Å². The lowest BCUT2D eigenvalue weighted by Crippen LogP contribution is -2.01. The van der Waals surface area contributed by atoms with Crippen molar-refractivity contribution in [1.82, 2.24) is 0 Å². The maximum atomic E-state index is 5.55. The van der Waals surface area contributed by atoms with Gasteiger partial charge in [-0.25, -0.2) is 0 Å². The van der Waals surface area contributed by atoms with Crippen LogP contribution in [0, 0.1) is 6.92 Å². The van der Waals surface area contributed by atoms with E-state index in [0.717, 1.165) is 5.56 Å². The van der Waals surface area contributed by atoms with Gasteiger partial charge in [0.05, 0.1) is 26.2 Å². The molecule has 4 heteroatoms. The van der Waals surface area contributed by atoms with Crippen molar-refractivity contribution >= 4 is 15.9 Å². The van der Waals surface area contributed by atoms with Crippen LogP contribution in [0.1, 0.15) is 21.5 Å². The molecule has 0 saturated carbocycles. The van der Waals surface area contributed by atoms with Gasteiger partial charge in [0.15, 0.2) is 11.5 Å². The molecule has 0 bridgehead atoms. The summed E-state index contributed by atoms with van der Waals surface area (Å²) in [7, 11) is 4.86. The Morgan fingerprint density at radius 3 is 2.19 bits per heavy atom. The minimum Gasteiger partial charge on any atom is -0.493 e. The van der Waals surface area contributed by atoms with Crippen molar-refractivity contribution in [3.63, 3.8) is 0 Å². The molecule has 21 heavy (non-hydrogen) atoms. The van der Waals surface area contributed by atoms with Gasteiger partial charge in [-0.2, -0.15) is 0 Å². The Morgan fingerprint density at radius 1 is 0.905 bits per heavy atom. The van der Waals surface area contributed by atoms with E-state index in [4.69, 9.17) is 14.2 Å². The van der Waals surface area contributed by atoms with E-state index < -0.39 is 0 Å². The maximum Gasteiger partial charge on any atom is 0.203 e. The smallest absolute Gasteiger partial charge is 0.203 e. The van der Waals surface area contributed by atoms with Gasteiger partial charge in [-0.05, 0) is 24.6 Å². The molecule has 0 fully saturated rings. The molecule has 2 aromatic carbocycles. The second kappa shape index (κ2) is 6.85. The molecule has 0 spiro atoms. The van der Waals surface area contributed by atoms with Gasteiger partial charge in [-0.3, -0.25) is 0 Å². The molecule has 3 nitrogen and oxygen atoms in total. The van der Waals surface area contributed by atoms with E-state index in [-0.39, 0.29) is 4.83 Å². The minimum absolute atomic E-state index is 0.0205. The Balaban J connectivity index is 2.53. The molecule has 0 radical (unpaired) electrons. The summed E-state index contributed by atoms with van der Waals surface area (Å²) in [6.07, 6.45) is 0. The largest absolute Gasteiger partial charge is 0.493 e. The van der Waals surface area contributed by atoms with Gasteiger partial charge < -0.3 is 14.2 Å². The van der Waals surface area contributed by atoms with E-state index in [1.807, 2.05) is 18.2 Å². The molecule has 0 aliphatic rings. The SMILES string of the molecule is COc1ccc(C(Br)c2cccc(C)c2)c(OC)c1OC. The Hall–Kier alpha value is -1.68. The molecule has 2 rings (SSSR count). The van der Waals surface area contributed by atoms with Gasteiger partial charge in [-0.1, -0.05) is 45.8 Å². The number of aryl methyl sites for hydroxylation is 1. The summed E-state index contributed by atoms with van der Waals surface area (Å²) in [6.45, 7) is 2.08. The van der Waals surface area contributed by atoms with Crippen LogP contribution in [-0.2, 0) is 0 Å². The summed E-state index contributed by atoms with van der Waals surface area (Å²) in [5.74, 6) is 1.94. The summed E-state index contributed by atoms with van der Waals surface area (Å²) in [5.41, 5.74) is 3.39. The highest BCUT2D eigenvalue weighted by Gasteiger charge is 2.21. The van der Waals surface area contributed by atoms with Gasteiger partial charge in [0.2, 0.25) is 5.75 Å². The molecule has 0 amide bonds. The van der Waals surface area contributed by atoms with Crippen molar-refractivity contribution in [2.45, 2.75) is 11.8 Å². The lowest BCUT2D eigenvalue weighted by molar-refractivity contribution is 0.322. The van der Waals surface area contributed by atoms with Crippen LogP contribution in [0.15, 0.2) is 36.4 Å². The van der Waals surface area contributed by atoms with Gasteiger partial charge in [0.1, 0.15) is 0 Å². The van der Waals surface area contributed by atoms with Crippen LogP contribution in [0.2, 0.25) is 0 Å². The van der Waals surface area contributed by atoms with Gasteiger partial charge in [0.25, 0.3) is 0 Å². The summed E-state index contributed by atoms with van der Waals surface area (Å²) in [5, 5.41) is 0. The number of halogens is 1. The zero-order chi connectivity index (χ0) is 15.4. The molecule has 0 N–H and O–H groups in total. The van der Waals surface area contributed by atoms with Crippen LogP contribution in [-0.4, -0.2) is 21.3 Å². The van der Waals surface area contributed by atoms with Gasteiger partial charge in [-0.15, -0.1) is 0 Å². The topological polar surface area (TPSA) is 27.7 Å². The highest BCUT2D eigenvalue weighted by molar-refractivity contribution is 9.09. The van der Waals surface area contributed by atoms with E-state index >= 15 is 0 Å². The summed E-state index contributed by atoms with van der Waals surface area (Å²) in [6, 6.07) is 12.2. The molecule has 112 valence electrons. The third-order valence-corrected chi connectivity index (χ3v) is 4.36. The average molecular weight is 351 g/mol. The van der Waals surface area contributed by atoms with Crippen LogP contribution >= 0.6 is 15.9 Å². The fourth-order valence-corrected chi connectivity index (χ4v) is 2.98. The number of hydrogen-bond acceptors (Lipinski definition) is 3. The minimum atomic E-state index is 0.0205. The Bertz CT molecular complexity index is 625. The molecular weight excluding hydrogens is 332 g/mol. The van der Waals surface area contributed by atoms with E-state index in [2.05, 4.69) is 41.1 Å². The summed E-state index contributed by atoms with van der Waals surface area (Å²) < 4.78 is 16.3. The third-order valence-electron chi connectivity index (χ3n) is 3.34. The molecule has 0 aliphatic carbocycles. The first-order valence-corrected chi connectivity index (χ1v) is 7.53. The van der Waals surface area contributed by atoms with Crippen LogP contribution in [0.3, 0.4) is 0 Å². The zero-order valence-electron chi connectivity index (χ0n) is 12.6. The number of methoxy groups -OCH3 is 3. The number of benzene rings is 2. The molecule has 2 aromatic rings. The molecule has 0 heterocycles. The lowest BCUT2D eigenvalue weighted by Gasteiger charge is -2.19. The van der Waals surface area contributed by atoms with Crippen LogP contribution in [0.5, 0.6) is 17.2 Å². The van der Waals surface area contributed by atoms with E-state index in [9.17, 15) is 0 Å². The quantitative estimate of drug-likeness (QED) is 0.742.